The second kappa shape index (κ2) is 10.6. The van der Waals surface area contributed by atoms with Gasteiger partial charge in [0.25, 0.3) is 0 Å². The van der Waals surface area contributed by atoms with Crippen molar-refractivity contribution in [3.63, 3.8) is 0 Å². The summed E-state index contributed by atoms with van der Waals surface area (Å²) >= 11 is 0. The Balaban J connectivity index is 1.32. The lowest BCUT2D eigenvalue weighted by molar-refractivity contribution is 0.660. The van der Waals surface area contributed by atoms with Gasteiger partial charge in [0.2, 0.25) is 0 Å². The molecule has 0 aliphatic heterocycles. The maximum absolute atomic E-state index is 6.40. The zero-order valence-corrected chi connectivity index (χ0v) is 26.4. The van der Waals surface area contributed by atoms with Crippen molar-refractivity contribution in [1.82, 2.24) is 0 Å². The molecule has 47 heavy (non-hydrogen) atoms. The minimum atomic E-state index is -0.0513. The van der Waals surface area contributed by atoms with E-state index in [0.29, 0.717) is 0 Å². The Bertz CT molecular complexity index is 2440. The standard InChI is InChI=1S/C45H33NO/c1-45(2)39-21-11-9-18-35(39)38-28-31(24-27-40(38)45)44-34(30-14-5-3-6-15-30)20-13-22-41(44)46(32-16-7-4-8-17-32)33-25-26-37-36-19-10-12-23-42(36)47-43(37)29-33/h3-29H,1-2H3. The van der Waals surface area contributed by atoms with Gasteiger partial charge in [0.15, 0.2) is 0 Å². The van der Waals surface area contributed by atoms with Gasteiger partial charge in [-0.1, -0.05) is 129 Å². The highest BCUT2D eigenvalue weighted by Gasteiger charge is 2.35. The lowest BCUT2D eigenvalue weighted by Crippen LogP contribution is -2.14. The molecule has 1 aliphatic carbocycles. The Hall–Kier alpha value is -5.86. The van der Waals surface area contributed by atoms with Crippen molar-refractivity contribution < 1.29 is 4.42 Å². The van der Waals surface area contributed by atoms with E-state index in [-0.39, 0.29) is 5.41 Å². The Kier molecular flexibility index (Phi) is 6.20. The Morgan fingerprint density at radius 1 is 0.447 bits per heavy atom. The van der Waals surface area contributed by atoms with Crippen molar-refractivity contribution in [2.24, 2.45) is 0 Å². The molecule has 0 spiro atoms. The van der Waals surface area contributed by atoms with Crippen LogP contribution in [0.1, 0.15) is 25.0 Å². The van der Waals surface area contributed by atoms with Gasteiger partial charge in [-0.05, 0) is 81.4 Å². The fraction of sp³-hybridized carbons (Fsp3) is 0.0667. The summed E-state index contributed by atoms with van der Waals surface area (Å²) < 4.78 is 6.40. The summed E-state index contributed by atoms with van der Waals surface area (Å²) in [6.07, 6.45) is 0. The van der Waals surface area contributed by atoms with Crippen LogP contribution >= 0.6 is 0 Å². The van der Waals surface area contributed by atoms with E-state index in [9.17, 15) is 0 Å². The van der Waals surface area contributed by atoms with E-state index in [2.05, 4.69) is 170 Å². The molecule has 0 atom stereocenters. The van der Waals surface area contributed by atoms with Crippen molar-refractivity contribution in [3.05, 3.63) is 175 Å². The molecule has 0 saturated carbocycles. The van der Waals surface area contributed by atoms with Crippen LogP contribution in [0, 0.1) is 0 Å². The largest absolute Gasteiger partial charge is 0.456 e. The van der Waals surface area contributed by atoms with Gasteiger partial charge in [-0.15, -0.1) is 0 Å². The molecule has 8 aromatic rings. The predicted octanol–water partition coefficient (Wildman–Crippen LogP) is 12.7. The monoisotopic (exact) mass is 603 g/mol. The van der Waals surface area contributed by atoms with Gasteiger partial charge in [-0.25, -0.2) is 0 Å². The molecule has 2 heteroatoms. The van der Waals surface area contributed by atoms with Crippen LogP contribution < -0.4 is 4.90 Å². The number of hydrogen-bond acceptors (Lipinski definition) is 2. The summed E-state index contributed by atoms with van der Waals surface area (Å²) in [5, 5.41) is 2.25. The van der Waals surface area contributed by atoms with E-state index in [1.54, 1.807) is 0 Å². The van der Waals surface area contributed by atoms with E-state index < -0.39 is 0 Å². The fourth-order valence-electron chi connectivity index (χ4n) is 7.62. The summed E-state index contributed by atoms with van der Waals surface area (Å²) in [6.45, 7) is 4.68. The average Bonchev–Trinajstić information content (AvgIpc) is 3.60. The number of rotatable bonds is 5. The third-order valence-corrected chi connectivity index (χ3v) is 9.88. The molecule has 9 rings (SSSR count). The zero-order chi connectivity index (χ0) is 31.5. The molecule has 7 aromatic carbocycles. The Morgan fingerprint density at radius 3 is 1.98 bits per heavy atom. The van der Waals surface area contributed by atoms with Gasteiger partial charge in [-0.3, -0.25) is 0 Å². The van der Waals surface area contributed by atoms with Crippen LogP contribution in [0.2, 0.25) is 0 Å². The van der Waals surface area contributed by atoms with Crippen molar-refractivity contribution in [3.8, 4) is 33.4 Å². The van der Waals surface area contributed by atoms with E-state index >= 15 is 0 Å². The Morgan fingerprint density at radius 2 is 1.13 bits per heavy atom. The third kappa shape index (κ3) is 4.33. The van der Waals surface area contributed by atoms with Crippen LogP contribution in [-0.2, 0) is 5.41 Å². The van der Waals surface area contributed by atoms with Gasteiger partial charge in [0, 0.05) is 39.2 Å². The topological polar surface area (TPSA) is 16.4 Å². The lowest BCUT2D eigenvalue weighted by Gasteiger charge is -2.29. The Labute approximate surface area is 275 Å². The number of fused-ring (bicyclic) bond motifs is 6. The summed E-state index contributed by atoms with van der Waals surface area (Å²) in [5.74, 6) is 0. The summed E-state index contributed by atoms with van der Waals surface area (Å²) in [4.78, 5) is 2.37. The van der Waals surface area contributed by atoms with Crippen molar-refractivity contribution in [2.75, 3.05) is 4.90 Å². The predicted molar refractivity (Wildman–Crippen MR) is 197 cm³/mol. The van der Waals surface area contributed by atoms with E-state index in [1.165, 1.54) is 44.5 Å². The average molecular weight is 604 g/mol. The second-order valence-corrected chi connectivity index (χ2v) is 12.9. The SMILES string of the molecule is CC1(C)c2ccccc2-c2cc(-c3c(-c4ccccc4)cccc3N(c3ccccc3)c3ccc4c(c3)oc3ccccc34)ccc21. The molecular weight excluding hydrogens is 571 g/mol. The molecule has 1 heterocycles. The summed E-state index contributed by atoms with van der Waals surface area (Å²) in [6, 6.07) is 58.9. The second-order valence-electron chi connectivity index (χ2n) is 12.9. The number of furan rings is 1. The molecule has 0 amide bonds. The maximum Gasteiger partial charge on any atom is 0.137 e. The number of anilines is 3. The lowest BCUT2D eigenvalue weighted by atomic mass is 9.82. The highest BCUT2D eigenvalue weighted by molar-refractivity contribution is 6.06. The molecular formula is C45H33NO. The molecule has 0 saturated heterocycles. The first-order chi connectivity index (χ1) is 23.1. The first-order valence-electron chi connectivity index (χ1n) is 16.3. The van der Waals surface area contributed by atoms with E-state index in [1.807, 2.05) is 12.1 Å². The molecule has 0 radical (unpaired) electrons. The summed E-state index contributed by atoms with van der Waals surface area (Å²) in [7, 11) is 0. The van der Waals surface area contributed by atoms with Crippen molar-refractivity contribution in [1.29, 1.82) is 0 Å². The zero-order valence-electron chi connectivity index (χ0n) is 26.4. The summed E-state index contributed by atoms with van der Waals surface area (Å²) in [5.41, 5.74) is 15.1. The van der Waals surface area contributed by atoms with Gasteiger partial charge in [-0.2, -0.15) is 0 Å². The third-order valence-electron chi connectivity index (χ3n) is 9.88. The smallest absolute Gasteiger partial charge is 0.137 e. The van der Waals surface area contributed by atoms with Gasteiger partial charge < -0.3 is 9.32 Å². The van der Waals surface area contributed by atoms with Crippen LogP contribution in [0.3, 0.4) is 0 Å². The molecule has 0 unspecified atom stereocenters. The van der Waals surface area contributed by atoms with Gasteiger partial charge >= 0.3 is 0 Å². The maximum atomic E-state index is 6.40. The normalized spacial score (nSPS) is 13.1. The number of nitrogens with zero attached hydrogens (tertiary/aromatic N) is 1. The van der Waals surface area contributed by atoms with Crippen LogP contribution in [0.15, 0.2) is 168 Å². The molecule has 1 aliphatic rings. The van der Waals surface area contributed by atoms with Crippen molar-refractivity contribution >= 4 is 39.0 Å². The quantitative estimate of drug-likeness (QED) is 0.195. The number of benzene rings is 7. The highest BCUT2D eigenvalue weighted by atomic mass is 16.3. The molecule has 0 N–H and O–H groups in total. The molecule has 0 bridgehead atoms. The minimum absolute atomic E-state index is 0.0513. The molecule has 1 aromatic heterocycles. The molecule has 224 valence electrons. The molecule has 2 nitrogen and oxygen atoms in total. The fourth-order valence-corrected chi connectivity index (χ4v) is 7.62. The highest BCUT2D eigenvalue weighted by Crippen LogP contribution is 2.52. The minimum Gasteiger partial charge on any atom is -0.456 e. The van der Waals surface area contributed by atoms with Gasteiger partial charge in [0.05, 0.1) is 5.69 Å². The van der Waals surface area contributed by atoms with Crippen LogP contribution in [0.25, 0.3) is 55.3 Å². The van der Waals surface area contributed by atoms with Crippen LogP contribution in [-0.4, -0.2) is 0 Å². The van der Waals surface area contributed by atoms with E-state index in [0.717, 1.165) is 39.0 Å². The van der Waals surface area contributed by atoms with Crippen molar-refractivity contribution in [2.45, 2.75) is 19.3 Å². The first kappa shape index (κ1) is 27.5. The molecule has 0 fully saturated rings. The number of hydrogen-bond donors (Lipinski definition) is 0. The number of para-hydroxylation sites is 2. The van der Waals surface area contributed by atoms with Crippen LogP contribution in [0.4, 0.5) is 17.1 Å². The van der Waals surface area contributed by atoms with Gasteiger partial charge in [0.1, 0.15) is 11.2 Å². The van der Waals surface area contributed by atoms with Crippen LogP contribution in [0.5, 0.6) is 0 Å². The first-order valence-corrected chi connectivity index (χ1v) is 16.3. The van der Waals surface area contributed by atoms with E-state index in [4.69, 9.17) is 4.42 Å².